The monoisotopic (exact) mass is 822 g/mol. The van der Waals surface area contributed by atoms with Gasteiger partial charge in [-0.1, -0.05) is 13.3 Å². The summed E-state index contributed by atoms with van der Waals surface area (Å²) in [7, 11) is 0. The largest absolute Gasteiger partial charge is 0.481 e. The van der Waals surface area contributed by atoms with Gasteiger partial charge >= 0.3 is 5.97 Å². The zero-order valence-electron chi connectivity index (χ0n) is 32.5. The van der Waals surface area contributed by atoms with Crippen LogP contribution in [0.3, 0.4) is 0 Å². The van der Waals surface area contributed by atoms with Gasteiger partial charge in [-0.3, -0.25) is 4.79 Å². The molecule has 1 spiro atoms. The minimum absolute atomic E-state index is 0.0520. The molecule has 0 aromatic heterocycles. The van der Waals surface area contributed by atoms with Gasteiger partial charge in [0.1, 0.15) is 78.8 Å². The molecule has 0 aromatic rings. The Morgan fingerprint density at radius 1 is 0.614 bits per heavy atom. The van der Waals surface area contributed by atoms with Gasteiger partial charge in [-0.2, -0.15) is 0 Å². The molecule has 19 heteroatoms. The van der Waals surface area contributed by atoms with Gasteiger partial charge in [0.05, 0.1) is 30.8 Å². The van der Waals surface area contributed by atoms with E-state index in [9.17, 15) is 66.1 Å². The van der Waals surface area contributed by atoms with Crippen LogP contribution in [0.1, 0.15) is 78.6 Å². The minimum atomic E-state index is -1.95. The second-order valence-electron chi connectivity index (χ2n) is 18.7. The van der Waals surface area contributed by atoms with Crippen molar-refractivity contribution in [2.24, 2.45) is 28.1 Å². The zero-order chi connectivity index (χ0) is 41.6. The standard InChI is InChI=1S/C38H62O19/c1-34-7-4-8-35(2,33(49)50)19(34)5-9-37-14-36(3,51)38(15-37,10-6-20(34)37)57-32-29(56-31-27(48)25(46)22(43)17(12-40)53-31)28(23(44)18(13-41)54-32)55-30-26(47)24(45)21(42)16(11-39)52-30/h16-32,39-48,51H,4-15H2,1-3H3,(H,49,50)/t16?,17?,18?,19-,20-,21?,22?,23?,24?,25?,26?,27?,28?,29?,30?,31?,32?,34+,35+,36+,37+,38-/m0/s1. The van der Waals surface area contributed by atoms with Crippen LogP contribution in [0.15, 0.2) is 0 Å². The Balaban J connectivity index is 1.23. The first-order valence-corrected chi connectivity index (χ1v) is 20.2. The van der Waals surface area contributed by atoms with Crippen LogP contribution in [0.5, 0.6) is 0 Å². The average molecular weight is 823 g/mol. The molecule has 0 amide bonds. The van der Waals surface area contributed by atoms with E-state index in [1.54, 1.807) is 6.92 Å². The molecule has 2 bridgehead atoms. The lowest BCUT2D eigenvalue weighted by atomic mass is 9.41. The van der Waals surface area contributed by atoms with Gasteiger partial charge in [-0.25, -0.2) is 0 Å². The molecule has 7 rings (SSSR count). The third kappa shape index (κ3) is 6.90. The first-order valence-electron chi connectivity index (χ1n) is 20.2. The summed E-state index contributed by atoms with van der Waals surface area (Å²) in [6.45, 7) is 3.30. The van der Waals surface area contributed by atoms with Crippen molar-refractivity contribution >= 4 is 5.97 Å². The topological polar surface area (TPSA) is 315 Å². The predicted octanol–water partition coefficient (Wildman–Crippen LogP) is -3.18. The Kier molecular flexibility index (Phi) is 12.0. The number of ether oxygens (including phenoxy) is 6. The van der Waals surface area contributed by atoms with E-state index >= 15 is 0 Å². The van der Waals surface area contributed by atoms with Gasteiger partial charge in [0.2, 0.25) is 0 Å². The van der Waals surface area contributed by atoms with E-state index in [0.29, 0.717) is 38.5 Å². The van der Waals surface area contributed by atoms with Gasteiger partial charge in [-0.15, -0.1) is 0 Å². The molecule has 3 saturated heterocycles. The van der Waals surface area contributed by atoms with Crippen molar-refractivity contribution in [2.45, 2.75) is 182 Å². The molecule has 12 N–H and O–H groups in total. The molecular formula is C38H62O19. The summed E-state index contributed by atoms with van der Waals surface area (Å²) in [4.78, 5) is 12.7. The lowest BCUT2D eigenvalue weighted by Gasteiger charge is -2.64. The molecule has 0 aromatic carbocycles. The second kappa shape index (κ2) is 15.6. The number of carbonyl (C=O) groups is 1. The Hall–Kier alpha value is -1.21. The van der Waals surface area contributed by atoms with Crippen molar-refractivity contribution in [3.8, 4) is 0 Å². The number of fused-ring (bicyclic) bond motifs is 3. The summed E-state index contributed by atoms with van der Waals surface area (Å²) in [5.41, 5.74) is -4.54. The number of aliphatic hydroxyl groups is 11. The maximum atomic E-state index is 12.7. The highest BCUT2D eigenvalue weighted by Crippen LogP contribution is 2.74. The van der Waals surface area contributed by atoms with Crippen LogP contribution < -0.4 is 0 Å². The fourth-order valence-electron chi connectivity index (χ4n) is 12.6. The van der Waals surface area contributed by atoms with E-state index in [4.69, 9.17) is 28.4 Å². The number of hydrogen-bond acceptors (Lipinski definition) is 18. The lowest BCUT2D eigenvalue weighted by Crippen LogP contribution is -2.68. The molecule has 15 unspecified atom stereocenters. The first-order chi connectivity index (χ1) is 26.7. The molecule has 4 aliphatic carbocycles. The molecule has 7 fully saturated rings. The zero-order valence-corrected chi connectivity index (χ0v) is 32.5. The molecule has 4 saturated carbocycles. The van der Waals surface area contributed by atoms with E-state index < -0.39 is 140 Å². The van der Waals surface area contributed by atoms with Crippen LogP contribution in [-0.4, -0.2) is 190 Å². The van der Waals surface area contributed by atoms with Crippen molar-refractivity contribution in [1.29, 1.82) is 0 Å². The highest BCUT2D eigenvalue weighted by molar-refractivity contribution is 5.75. The van der Waals surface area contributed by atoms with Crippen molar-refractivity contribution in [3.63, 3.8) is 0 Å². The molecule has 7 aliphatic rings. The summed E-state index contributed by atoms with van der Waals surface area (Å²) >= 11 is 0. The smallest absolute Gasteiger partial charge is 0.309 e. The highest BCUT2D eigenvalue weighted by Gasteiger charge is 2.73. The third-order valence-electron chi connectivity index (χ3n) is 15.5. The number of aliphatic carboxylic acids is 1. The van der Waals surface area contributed by atoms with Gasteiger partial charge in [0.25, 0.3) is 0 Å². The quantitative estimate of drug-likeness (QED) is 0.0967. The maximum absolute atomic E-state index is 12.7. The van der Waals surface area contributed by atoms with Crippen LogP contribution in [0.2, 0.25) is 0 Å². The van der Waals surface area contributed by atoms with E-state index in [1.807, 2.05) is 6.92 Å². The Morgan fingerprint density at radius 3 is 1.67 bits per heavy atom. The van der Waals surface area contributed by atoms with Gasteiger partial charge in [0.15, 0.2) is 18.9 Å². The number of rotatable bonds is 10. The van der Waals surface area contributed by atoms with Crippen LogP contribution in [-0.2, 0) is 33.2 Å². The molecule has 0 radical (unpaired) electrons. The second-order valence-corrected chi connectivity index (χ2v) is 18.7. The van der Waals surface area contributed by atoms with Crippen LogP contribution in [0.25, 0.3) is 0 Å². The van der Waals surface area contributed by atoms with Crippen LogP contribution >= 0.6 is 0 Å². The fraction of sp³-hybridized carbons (Fsp3) is 0.974. The van der Waals surface area contributed by atoms with Crippen LogP contribution in [0, 0.1) is 28.1 Å². The number of carboxylic acid groups (broad SMARTS) is 1. The normalized spacial score (nSPS) is 56.5. The van der Waals surface area contributed by atoms with E-state index in [2.05, 4.69) is 6.92 Å². The van der Waals surface area contributed by atoms with Gasteiger partial charge in [0, 0.05) is 0 Å². The first kappa shape index (κ1) is 43.9. The summed E-state index contributed by atoms with van der Waals surface area (Å²) in [5.74, 6) is -0.825. The van der Waals surface area contributed by atoms with Crippen molar-refractivity contribution < 1.29 is 94.5 Å². The molecule has 22 atom stereocenters. The molecule has 57 heavy (non-hydrogen) atoms. The summed E-state index contributed by atoms with van der Waals surface area (Å²) < 4.78 is 36.5. The highest BCUT2D eigenvalue weighted by atomic mass is 16.8. The SMILES string of the molecule is C[C@@]12CCC[C@@](C)(C(=O)O)[C@H]1CC[C@@]13C[C@@](OC4OC(CO)C(O)C(OC5OC(CO)C(O)C(O)C5O)C4OC4OC(CO)C(O)C(O)C4O)(CC[C@H]12)[C@](C)(O)C3. The number of aliphatic hydroxyl groups excluding tert-OH is 10. The molecule has 328 valence electrons. The minimum Gasteiger partial charge on any atom is -0.481 e. The van der Waals surface area contributed by atoms with Crippen molar-refractivity contribution in [1.82, 2.24) is 0 Å². The molecule has 19 nitrogen and oxygen atoms in total. The van der Waals surface area contributed by atoms with Gasteiger partial charge < -0.3 is 89.7 Å². The van der Waals surface area contributed by atoms with E-state index in [0.717, 1.165) is 12.8 Å². The summed E-state index contributed by atoms with van der Waals surface area (Å²) in [5, 5.41) is 129. The maximum Gasteiger partial charge on any atom is 0.309 e. The Morgan fingerprint density at radius 2 is 1.12 bits per heavy atom. The van der Waals surface area contributed by atoms with Crippen molar-refractivity contribution in [2.75, 3.05) is 19.8 Å². The van der Waals surface area contributed by atoms with Crippen LogP contribution in [0.4, 0.5) is 0 Å². The third-order valence-corrected chi connectivity index (χ3v) is 15.5. The molecular weight excluding hydrogens is 760 g/mol. The van der Waals surface area contributed by atoms with Crippen molar-refractivity contribution in [3.05, 3.63) is 0 Å². The van der Waals surface area contributed by atoms with E-state index in [-0.39, 0.29) is 23.7 Å². The Labute approximate surface area is 330 Å². The number of carboxylic acids is 1. The molecule has 3 heterocycles. The number of hydrogen-bond donors (Lipinski definition) is 12. The van der Waals surface area contributed by atoms with E-state index in [1.165, 1.54) is 0 Å². The molecule has 3 aliphatic heterocycles. The lowest BCUT2D eigenvalue weighted by molar-refractivity contribution is -0.406. The summed E-state index contributed by atoms with van der Waals surface area (Å²) in [6, 6.07) is 0. The Bertz CT molecular complexity index is 1450. The average Bonchev–Trinajstić information content (AvgIpc) is 3.32. The van der Waals surface area contributed by atoms with Gasteiger partial charge in [-0.05, 0) is 87.9 Å². The fourth-order valence-corrected chi connectivity index (χ4v) is 12.6. The summed E-state index contributed by atoms with van der Waals surface area (Å²) in [6.07, 6.45) is -21.1. The predicted molar refractivity (Wildman–Crippen MR) is 188 cm³/mol.